The second-order valence-electron chi connectivity index (χ2n) is 5.36. The molecule has 1 aromatic heterocycles. The minimum absolute atomic E-state index is 0.205. The number of nitrogens with zero attached hydrogens (tertiary/aromatic N) is 1. The van der Waals surface area contributed by atoms with Crippen molar-refractivity contribution in [1.29, 1.82) is 0 Å². The molecule has 0 atom stereocenters. The summed E-state index contributed by atoms with van der Waals surface area (Å²) in [6.45, 7) is 0.205. The number of carbonyl (C=O) groups excluding carboxylic acids is 1. The van der Waals surface area contributed by atoms with E-state index in [9.17, 15) is 13.2 Å². The summed E-state index contributed by atoms with van der Waals surface area (Å²) in [7, 11) is -3.23. The van der Waals surface area contributed by atoms with Crippen LogP contribution in [0.25, 0.3) is 10.9 Å². The SMILES string of the molecule is CS(=O)(=O)NCc1ccc(NC(=O)c2n[nH]c3ccccc23)cc1. The van der Waals surface area contributed by atoms with Crippen LogP contribution in [-0.4, -0.2) is 30.8 Å². The van der Waals surface area contributed by atoms with Gasteiger partial charge in [-0.3, -0.25) is 9.89 Å². The number of aromatic nitrogens is 2. The molecule has 0 bridgehead atoms. The van der Waals surface area contributed by atoms with Crippen LogP contribution in [0.2, 0.25) is 0 Å². The Morgan fingerprint density at radius 2 is 1.83 bits per heavy atom. The maximum atomic E-state index is 12.3. The Kier molecular flexibility index (Phi) is 4.32. The number of H-pyrrole nitrogens is 1. The number of anilines is 1. The number of hydrogen-bond acceptors (Lipinski definition) is 4. The summed E-state index contributed by atoms with van der Waals surface area (Å²) in [5, 5.41) is 10.4. The fraction of sp³-hybridized carbons (Fsp3) is 0.125. The van der Waals surface area contributed by atoms with E-state index >= 15 is 0 Å². The first kappa shape index (κ1) is 16.2. The van der Waals surface area contributed by atoms with Crippen molar-refractivity contribution >= 4 is 32.5 Å². The Morgan fingerprint density at radius 1 is 1.12 bits per heavy atom. The summed E-state index contributed by atoms with van der Waals surface area (Å²) in [4.78, 5) is 12.3. The van der Waals surface area contributed by atoms with Crippen LogP contribution in [0.3, 0.4) is 0 Å². The van der Waals surface area contributed by atoms with Crippen molar-refractivity contribution in [2.45, 2.75) is 6.54 Å². The molecule has 0 saturated carbocycles. The lowest BCUT2D eigenvalue weighted by Gasteiger charge is -2.06. The fourth-order valence-corrected chi connectivity index (χ4v) is 2.68. The molecule has 0 unspecified atom stereocenters. The molecule has 1 heterocycles. The molecule has 0 radical (unpaired) electrons. The van der Waals surface area contributed by atoms with E-state index in [0.29, 0.717) is 11.4 Å². The molecule has 0 aliphatic carbocycles. The minimum Gasteiger partial charge on any atom is -0.321 e. The first-order chi connectivity index (χ1) is 11.4. The monoisotopic (exact) mass is 344 g/mol. The first-order valence-corrected chi connectivity index (χ1v) is 9.09. The minimum atomic E-state index is -3.23. The van der Waals surface area contributed by atoms with Crippen LogP contribution in [0, 0.1) is 0 Å². The zero-order valence-corrected chi connectivity index (χ0v) is 13.7. The Labute approximate surface area is 139 Å². The molecule has 3 N–H and O–H groups in total. The van der Waals surface area contributed by atoms with E-state index in [1.807, 2.05) is 24.3 Å². The largest absolute Gasteiger partial charge is 0.321 e. The fourth-order valence-electron chi connectivity index (χ4n) is 2.25. The van der Waals surface area contributed by atoms with Crippen LogP contribution < -0.4 is 10.0 Å². The number of rotatable bonds is 5. The van der Waals surface area contributed by atoms with Crippen LogP contribution in [0.5, 0.6) is 0 Å². The van der Waals surface area contributed by atoms with E-state index in [0.717, 1.165) is 22.7 Å². The van der Waals surface area contributed by atoms with Crippen molar-refractivity contribution in [3.63, 3.8) is 0 Å². The third kappa shape index (κ3) is 3.79. The Balaban J connectivity index is 1.70. The summed E-state index contributed by atoms with van der Waals surface area (Å²) in [6.07, 6.45) is 1.11. The van der Waals surface area contributed by atoms with E-state index in [2.05, 4.69) is 20.2 Å². The zero-order valence-electron chi connectivity index (χ0n) is 12.9. The van der Waals surface area contributed by atoms with Crippen LogP contribution in [-0.2, 0) is 16.6 Å². The highest BCUT2D eigenvalue weighted by Gasteiger charge is 2.13. The molecule has 0 aliphatic rings. The number of hydrogen-bond donors (Lipinski definition) is 3. The Morgan fingerprint density at radius 3 is 2.54 bits per heavy atom. The molecule has 3 rings (SSSR count). The van der Waals surface area contributed by atoms with Gasteiger partial charge in [0.15, 0.2) is 5.69 Å². The average Bonchev–Trinajstić information content (AvgIpc) is 2.97. The molecule has 3 aromatic rings. The Hall–Kier alpha value is -2.71. The van der Waals surface area contributed by atoms with Gasteiger partial charge in [0.05, 0.1) is 11.8 Å². The predicted octanol–water partition coefficient (Wildman–Crippen LogP) is 1.86. The highest BCUT2D eigenvalue weighted by Crippen LogP contribution is 2.17. The van der Waals surface area contributed by atoms with Crippen LogP contribution in [0.4, 0.5) is 5.69 Å². The highest BCUT2D eigenvalue weighted by molar-refractivity contribution is 7.88. The van der Waals surface area contributed by atoms with Crippen molar-refractivity contribution in [2.24, 2.45) is 0 Å². The molecule has 7 nitrogen and oxygen atoms in total. The van der Waals surface area contributed by atoms with Gasteiger partial charge in [-0.25, -0.2) is 13.1 Å². The van der Waals surface area contributed by atoms with Gasteiger partial charge in [-0.15, -0.1) is 0 Å². The van der Waals surface area contributed by atoms with Gasteiger partial charge >= 0.3 is 0 Å². The van der Waals surface area contributed by atoms with Crippen LogP contribution >= 0.6 is 0 Å². The third-order valence-corrected chi connectivity index (χ3v) is 4.10. The number of amides is 1. The van der Waals surface area contributed by atoms with Gasteiger partial charge in [-0.1, -0.05) is 30.3 Å². The summed E-state index contributed by atoms with van der Waals surface area (Å²) in [6, 6.07) is 14.3. The maximum absolute atomic E-state index is 12.3. The average molecular weight is 344 g/mol. The summed E-state index contributed by atoms with van der Waals surface area (Å²) in [5.41, 5.74) is 2.53. The second-order valence-corrected chi connectivity index (χ2v) is 7.20. The number of carbonyl (C=O) groups is 1. The molecule has 0 fully saturated rings. The molecule has 1 amide bonds. The lowest BCUT2D eigenvalue weighted by Crippen LogP contribution is -2.21. The standard InChI is InChI=1S/C16H16N4O3S/c1-24(22,23)17-10-11-6-8-12(9-7-11)18-16(21)15-13-4-2-3-5-14(13)19-20-15/h2-9,17H,10H2,1H3,(H,18,21)(H,19,20). The van der Waals surface area contributed by atoms with Crippen molar-refractivity contribution < 1.29 is 13.2 Å². The molecule has 24 heavy (non-hydrogen) atoms. The molecule has 8 heteroatoms. The van der Waals surface area contributed by atoms with Gasteiger partial charge in [-0.05, 0) is 23.8 Å². The number of para-hydroxylation sites is 1. The van der Waals surface area contributed by atoms with Crippen molar-refractivity contribution in [2.75, 3.05) is 11.6 Å². The number of nitrogens with one attached hydrogen (secondary N) is 3. The van der Waals surface area contributed by atoms with Crippen LogP contribution in [0.1, 0.15) is 16.1 Å². The van der Waals surface area contributed by atoms with Crippen LogP contribution in [0.15, 0.2) is 48.5 Å². The molecular weight excluding hydrogens is 328 g/mol. The van der Waals surface area contributed by atoms with Gasteiger partial charge in [0.1, 0.15) is 0 Å². The van der Waals surface area contributed by atoms with Gasteiger partial charge in [0.25, 0.3) is 5.91 Å². The van der Waals surface area contributed by atoms with Gasteiger partial charge < -0.3 is 5.32 Å². The normalized spacial score (nSPS) is 11.5. The van der Waals surface area contributed by atoms with Gasteiger partial charge in [-0.2, -0.15) is 5.10 Å². The lowest BCUT2D eigenvalue weighted by molar-refractivity contribution is 0.102. The molecule has 0 aliphatic heterocycles. The summed E-state index contributed by atoms with van der Waals surface area (Å²) < 4.78 is 24.6. The lowest BCUT2D eigenvalue weighted by atomic mass is 10.2. The van der Waals surface area contributed by atoms with E-state index in [-0.39, 0.29) is 12.5 Å². The van der Waals surface area contributed by atoms with E-state index in [4.69, 9.17) is 0 Å². The van der Waals surface area contributed by atoms with Crippen molar-refractivity contribution in [3.05, 3.63) is 59.8 Å². The smallest absolute Gasteiger partial charge is 0.276 e. The van der Waals surface area contributed by atoms with Gasteiger partial charge in [0, 0.05) is 17.6 Å². The predicted molar refractivity (Wildman–Crippen MR) is 92.2 cm³/mol. The molecule has 2 aromatic carbocycles. The van der Waals surface area contributed by atoms with E-state index in [1.165, 1.54) is 0 Å². The quantitative estimate of drug-likeness (QED) is 0.657. The zero-order chi connectivity index (χ0) is 17.2. The highest BCUT2D eigenvalue weighted by atomic mass is 32.2. The number of benzene rings is 2. The molecule has 124 valence electrons. The van der Waals surface area contributed by atoms with E-state index in [1.54, 1.807) is 24.3 Å². The maximum Gasteiger partial charge on any atom is 0.276 e. The third-order valence-electron chi connectivity index (χ3n) is 3.44. The summed E-state index contributed by atoms with van der Waals surface area (Å²) in [5.74, 6) is -0.311. The number of aromatic amines is 1. The van der Waals surface area contributed by atoms with E-state index < -0.39 is 10.0 Å². The summed E-state index contributed by atoms with van der Waals surface area (Å²) >= 11 is 0. The Bertz CT molecular complexity index is 978. The molecular formula is C16H16N4O3S. The first-order valence-electron chi connectivity index (χ1n) is 7.20. The van der Waals surface area contributed by atoms with Gasteiger partial charge in [0.2, 0.25) is 10.0 Å². The van der Waals surface area contributed by atoms with Crippen molar-refractivity contribution in [3.8, 4) is 0 Å². The number of sulfonamides is 1. The number of fused-ring (bicyclic) bond motifs is 1. The molecule has 0 saturated heterocycles. The second kappa shape index (κ2) is 6.42. The molecule has 0 spiro atoms. The topological polar surface area (TPSA) is 104 Å². The van der Waals surface area contributed by atoms with Crippen molar-refractivity contribution in [1.82, 2.24) is 14.9 Å².